The quantitative estimate of drug-likeness (QED) is 0.726. The van der Waals surface area contributed by atoms with E-state index in [1.54, 1.807) is 6.92 Å². The molecule has 0 spiro atoms. The Morgan fingerprint density at radius 2 is 1.88 bits per heavy atom. The maximum atomic E-state index is 12.3. The van der Waals surface area contributed by atoms with E-state index in [2.05, 4.69) is 15.0 Å². The summed E-state index contributed by atoms with van der Waals surface area (Å²) in [6.45, 7) is 5.77. The molecule has 1 aromatic carbocycles. The van der Waals surface area contributed by atoms with E-state index in [4.69, 9.17) is 9.15 Å². The van der Waals surface area contributed by atoms with E-state index in [1.165, 1.54) is 37.8 Å². The van der Waals surface area contributed by atoms with Crippen LogP contribution in [0.1, 0.15) is 42.9 Å². The topological polar surface area (TPSA) is 111 Å². The Bertz CT molecular complexity index is 844. The highest BCUT2D eigenvalue weighted by Crippen LogP contribution is 2.20. The molecule has 0 aliphatic rings. The fourth-order valence-corrected chi connectivity index (χ4v) is 3.59. The van der Waals surface area contributed by atoms with Crippen molar-refractivity contribution in [1.29, 1.82) is 0 Å². The lowest BCUT2D eigenvalue weighted by atomic mass is 10.1. The van der Waals surface area contributed by atoms with Crippen molar-refractivity contribution in [2.45, 2.75) is 37.6 Å². The summed E-state index contributed by atoms with van der Waals surface area (Å²) in [5, 5.41) is 2.68. The van der Waals surface area contributed by atoms with Crippen LogP contribution in [0.15, 0.2) is 40.0 Å². The van der Waals surface area contributed by atoms with Crippen molar-refractivity contribution in [3.63, 3.8) is 0 Å². The van der Waals surface area contributed by atoms with Gasteiger partial charge >= 0.3 is 0 Å². The number of aromatic nitrogens is 1. The molecule has 142 valence electrons. The second-order valence-corrected chi connectivity index (χ2v) is 7.89. The fraction of sp³-hybridized carbons (Fsp3) is 0.412. The Morgan fingerprint density at radius 3 is 2.46 bits per heavy atom. The number of nitrogens with one attached hydrogen (secondary N) is 2. The number of amides is 1. The maximum absolute atomic E-state index is 12.3. The zero-order chi connectivity index (χ0) is 19.3. The molecule has 0 bridgehead atoms. The van der Waals surface area contributed by atoms with Crippen molar-refractivity contribution in [2.24, 2.45) is 0 Å². The Hall–Kier alpha value is -2.23. The van der Waals surface area contributed by atoms with Gasteiger partial charge in [-0.05, 0) is 31.2 Å². The number of hydrogen-bond acceptors (Lipinski definition) is 6. The molecule has 0 aliphatic heterocycles. The van der Waals surface area contributed by atoms with Crippen LogP contribution in [0.25, 0.3) is 0 Å². The number of carbonyl (C=O) groups excluding carboxylic acids is 1. The minimum atomic E-state index is -3.66. The molecule has 1 unspecified atom stereocenters. The van der Waals surface area contributed by atoms with E-state index in [1.807, 2.05) is 13.8 Å². The molecule has 2 aromatic rings. The normalized spacial score (nSPS) is 13.0. The molecule has 2 N–H and O–H groups in total. The first-order valence-electron chi connectivity index (χ1n) is 8.10. The van der Waals surface area contributed by atoms with Gasteiger partial charge in [-0.15, -0.1) is 0 Å². The molecular weight excluding hydrogens is 358 g/mol. The van der Waals surface area contributed by atoms with E-state index < -0.39 is 15.9 Å². The molecule has 1 atom stereocenters. The van der Waals surface area contributed by atoms with Gasteiger partial charge in [0.1, 0.15) is 5.76 Å². The Kier molecular flexibility index (Phi) is 6.52. The summed E-state index contributed by atoms with van der Waals surface area (Å²) in [6.07, 6.45) is 1.23. The van der Waals surface area contributed by atoms with Gasteiger partial charge in [0.15, 0.2) is 12.1 Å². The zero-order valence-electron chi connectivity index (χ0n) is 15.1. The highest BCUT2D eigenvalue weighted by atomic mass is 32.2. The van der Waals surface area contributed by atoms with Gasteiger partial charge in [0.25, 0.3) is 5.91 Å². The predicted octanol–water partition coefficient (Wildman–Crippen LogP) is 2.36. The Labute approximate surface area is 153 Å². The Morgan fingerprint density at radius 1 is 1.23 bits per heavy atom. The van der Waals surface area contributed by atoms with E-state index in [0.717, 1.165) is 0 Å². The SMILES string of the molecule is COCC(C)NS(=O)(=O)c1ccc(NC(=O)c2ncoc2C(C)C)cc1. The molecule has 1 heterocycles. The number of ether oxygens (including phenoxy) is 1. The number of rotatable bonds is 8. The van der Waals surface area contributed by atoms with Gasteiger partial charge in [0, 0.05) is 24.8 Å². The molecular formula is C17H23N3O5S. The van der Waals surface area contributed by atoms with Gasteiger partial charge in [-0.1, -0.05) is 13.8 Å². The average Bonchev–Trinajstić information content (AvgIpc) is 3.05. The second kappa shape index (κ2) is 8.43. The van der Waals surface area contributed by atoms with Gasteiger partial charge in [-0.25, -0.2) is 18.1 Å². The van der Waals surface area contributed by atoms with Crippen molar-refractivity contribution in [3.8, 4) is 0 Å². The monoisotopic (exact) mass is 381 g/mol. The number of anilines is 1. The standard InChI is InChI=1S/C17H23N3O5S/c1-11(2)16-15(18-10-25-16)17(21)19-13-5-7-14(8-6-13)26(22,23)20-12(3)9-24-4/h5-8,10-12,20H,9H2,1-4H3,(H,19,21). The second-order valence-electron chi connectivity index (χ2n) is 6.18. The molecule has 0 saturated carbocycles. The number of methoxy groups -OCH3 is 1. The molecule has 9 heteroatoms. The zero-order valence-corrected chi connectivity index (χ0v) is 16.0. The van der Waals surface area contributed by atoms with Gasteiger partial charge in [0.2, 0.25) is 10.0 Å². The third kappa shape index (κ3) is 4.90. The molecule has 26 heavy (non-hydrogen) atoms. The van der Waals surface area contributed by atoms with E-state index in [0.29, 0.717) is 11.4 Å². The first kappa shape index (κ1) is 20.1. The lowest BCUT2D eigenvalue weighted by Gasteiger charge is -2.13. The molecule has 0 saturated heterocycles. The van der Waals surface area contributed by atoms with Crippen LogP contribution in [0.5, 0.6) is 0 Å². The molecule has 0 aliphatic carbocycles. The van der Waals surface area contributed by atoms with Gasteiger partial charge in [0.05, 0.1) is 11.5 Å². The van der Waals surface area contributed by atoms with E-state index >= 15 is 0 Å². The number of sulfonamides is 1. The number of hydrogen-bond donors (Lipinski definition) is 2. The molecule has 8 nitrogen and oxygen atoms in total. The molecule has 1 amide bonds. The predicted molar refractivity (Wildman–Crippen MR) is 96.6 cm³/mol. The largest absolute Gasteiger partial charge is 0.447 e. The minimum Gasteiger partial charge on any atom is -0.447 e. The smallest absolute Gasteiger partial charge is 0.277 e. The lowest BCUT2D eigenvalue weighted by Crippen LogP contribution is -2.35. The number of benzene rings is 1. The van der Waals surface area contributed by atoms with Gasteiger partial charge in [-0.3, -0.25) is 4.79 Å². The Balaban J connectivity index is 2.10. The number of oxazole rings is 1. The van der Waals surface area contributed by atoms with Crippen LogP contribution in [0.3, 0.4) is 0 Å². The molecule has 2 rings (SSSR count). The van der Waals surface area contributed by atoms with Crippen LogP contribution in [0, 0.1) is 0 Å². The average molecular weight is 381 g/mol. The van der Waals surface area contributed by atoms with Gasteiger partial charge < -0.3 is 14.5 Å². The highest BCUT2D eigenvalue weighted by Gasteiger charge is 2.20. The summed E-state index contributed by atoms with van der Waals surface area (Å²) in [5.41, 5.74) is 0.670. The summed E-state index contributed by atoms with van der Waals surface area (Å²) in [5.74, 6) is 0.105. The number of nitrogens with zero attached hydrogens (tertiary/aromatic N) is 1. The summed E-state index contributed by atoms with van der Waals surface area (Å²) in [7, 11) is -2.16. The van der Waals surface area contributed by atoms with Crippen molar-refractivity contribution in [1.82, 2.24) is 9.71 Å². The molecule has 1 aromatic heterocycles. The van der Waals surface area contributed by atoms with Gasteiger partial charge in [-0.2, -0.15) is 0 Å². The summed E-state index contributed by atoms with van der Waals surface area (Å²) in [4.78, 5) is 16.4. The van der Waals surface area contributed by atoms with Crippen LogP contribution in [0.4, 0.5) is 5.69 Å². The molecule has 0 fully saturated rings. The first-order valence-corrected chi connectivity index (χ1v) is 9.59. The van der Waals surface area contributed by atoms with Crippen LogP contribution in [-0.4, -0.2) is 39.1 Å². The van der Waals surface area contributed by atoms with E-state index in [-0.39, 0.29) is 29.2 Å². The van der Waals surface area contributed by atoms with Crippen molar-refractivity contribution < 1.29 is 22.4 Å². The number of carbonyl (C=O) groups is 1. The van der Waals surface area contributed by atoms with Crippen molar-refractivity contribution in [3.05, 3.63) is 42.1 Å². The molecule has 0 radical (unpaired) electrons. The highest BCUT2D eigenvalue weighted by molar-refractivity contribution is 7.89. The lowest BCUT2D eigenvalue weighted by molar-refractivity contribution is 0.102. The fourth-order valence-electron chi connectivity index (χ4n) is 2.36. The van der Waals surface area contributed by atoms with Crippen LogP contribution in [-0.2, 0) is 14.8 Å². The van der Waals surface area contributed by atoms with E-state index in [9.17, 15) is 13.2 Å². The minimum absolute atomic E-state index is 0.0194. The van der Waals surface area contributed by atoms with Crippen LogP contribution >= 0.6 is 0 Å². The van der Waals surface area contributed by atoms with Crippen LogP contribution in [0.2, 0.25) is 0 Å². The van der Waals surface area contributed by atoms with Crippen LogP contribution < -0.4 is 10.0 Å². The third-order valence-corrected chi connectivity index (χ3v) is 5.14. The summed E-state index contributed by atoms with van der Waals surface area (Å²) >= 11 is 0. The van der Waals surface area contributed by atoms with Crippen molar-refractivity contribution in [2.75, 3.05) is 19.0 Å². The summed E-state index contributed by atoms with van der Waals surface area (Å²) < 4.78 is 37.2. The van der Waals surface area contributed by atoms with Crippen molar-refractivity contribution >= 4 is 21.6 Å². The first-order chi connectivity index (χ1) is 12.2. The third-order valence-electron chi connectivity index (χ3n) is 3.53. The summed E-state index contributed by atoms with van der Waals surface area (Å²) in [6, 6.07) is 5.52. The maximum Gasteiger partial charge on any atom is 0.277 e.